The summed E-state index contributed by atoms with van der Waals surface area (Å²) in [5.74, 6) is 0. The Morgan fingerprint density at radius 1 is 1.29 bits per heavy atom. The number of rotatable bonds is 4. The molecule has 0 spiro atoms. The van der Waals surface area contributed by atoms with Crippen LogP contribution in [0.15, 0.2) is 30.3 Å². The van der Waals surface area contributed by atoms with Crippen LogP contribution in [0.1, 0.15) is 18.4 Å². The fourth-order valence-corrected chi connectivity index (χ4v) is 2.50. The molecule has 0 saturated carbocycles. The number of ether oxygens (including phenoxy) is 2. The number of nitrogens with two attached hydrogens (primary N) is 1. The summed E-state index contributed by atoms with van der Waals surface area (Å²) in [6, 6.07) is 10.4. The zero-order valence-electron chi connectivity index (χ0n) is 10.4. The third kappa shape index (κ3) is 2.86. The topological polar surface area (TPSA) is 44.5 Å². The van der Waals surface area contributed by atoms with Gasteiger partial charge in [0.25, 0.3) is 0 Å². The van der Waals surface area contributed by atoms with Gasteiger partial charge in [-0.2, -0.15) is 0 Å². The molecule has 0 amide bonds. The van der Waals surface area contributed by atoms with Crippen LogP contribution in [0.4, 0.5) is 0 Å². The van der Waals surface area contributed by atoms with Crippen LogP contribution in [0.3, 0.4) is 0 Å². The highest BCUT2D eigenvalue weighted by molar-refractivity contribution is 5.17. The molecule has 1 atom stereocenters. The van der Waals surface area contributed by atoms with Gasteiger partial charge in [0.05, 0.1) is 5.60 Å². The average molecular weight is 235 g/mol. The lowest BCUT2D eigenvalue weighted by Crippen LogP contribution is -2.53. The van der Waals surface area contributed by atoms with E-state index < -0.39 is 0 Å². The number of benzene rings is 1. The van der Waals surface area contributed by atoms with Crippen molar-refractivity contribution in [2.75, 3.05) is 20.3 Å². The van der Waals surface area contributed by atoms with Gasteiger partial charge in [-0.3, -0.25) is 0 Å². The zero-order chi connectivity index (χ0) is 12.1. The molecule has 2 N–H and O–H groups in total. The molecule has 1 aliphatic heterocycles. The Morgan fingerprint density at radius 2 is 1.94 bits per heavy atom. The van der Waals surface area contributed by atoms with Gasteiger partial charge < -0.3 is 15.2 Å². The van der Waals surface area contributed by atoms with E-state index in [1.54, 1.807) is 7.11 Å². The minimum Gasteiger partial charge on any atom is -0.381 e. The molecule has 0 aliphatic carbocycles. The third-order valence-electron chi connectivity index (χ3n) is 3.72. The molecular weight excluding hydrogens is 214 g/mol. The molecule has 1 aliphatic rings. The second-order valence-corrected chi connectivity index (χ2v) is 4.68. The molecule has 0 aromatic heterocycles. The van der Waals surface area contributed by atoms with Gasteiger partial charge in [-0.1, -0.05) is 30.3 Å². The fraction of sp³-hybridized carbons (Fsp3) is 0.571. The van der Waals surface area contributed by atoms with Crippen molar-refractivity contribution in [1.82, 2.24) is 0 Å². The molecule has 1 aromatic carbocycles. The van der Waals surface area contributed by atoms with E-state index in [0.717, 1.165) is 32.5 Å². The second-order valence-electron chi connectivity index (χ2n) is 4.68. The monoisotopic (exact) mass is 235 g/mol. The summed E-state index contributed by atoms with van der Waals surface area (Å²) >= 11 is 0. The quantitative estimate of drug-likeness (QED) is 0.864. The molecule has 1 unspecified atom stereocenters. The molecule has 1 aromatic rings. The molecule has 2 rings (SSSR count). The molecule has 1 heterocycles. The highest BCUT2D eigenvalue weighted by atomic mass is 16.5. The Bertz CT molecular complexity index is 333. The van der Waals surface area contributed by atoms with E-state index >= 15 is 0 Å². The van der Waals surface area contributed by atoms with Gasteiger partial charge in [0.2, 0.25) is 0 Å². The van der Waals surface area contributed by atoms with Crippen LogP contribution >= 0.6 is 0 Å². The molecule has 1 fully saturated rings. The van der Waals surface area contributed by atoms with Crippen molar-refractivity contribution in [2.24, 2.45) is 5.73 Å². The van der Waals surface area contributed by atoms with Gasteiger partial charge in [-0.15, -0.1) is 0 Å². The van der Waals surface area contributed by atoms with Crippen LogP contribution in [0.5, 0.6) is 0 Å². The number of hydrogen-bond donors (Lipinski definition) is 1. The molecule has 1 saturated heterocycles. The lowest BCUT2D eigenvalue weighted by Gasteiger charge is -2.40. The first kappa shape index (κ1) is 12.6. The van der Waals surface area contributed by atoms with Crippen molar-refractivity contribution >= 4 is 0 Å². The van der Waals surface area contributed by atoms with Crippen LogP contribution in [0.25, 0.3) is 0 Å². The highest BCUT2D eigenvalue weighted by Gasteiger charge is 2.38. The predicted molar refractivity (Wildman–Crippen MR) is 67.9 cm³/mol. The van der Waals surface area contributed by atoms with Crippen LogP contribution < -0.4 is 5.73 Å². The van der Waals surface area contributed by atoms with E-state index in [1.165, 1.54) is 5.56 Å². The Kier molecular flexibility index (Phi) is 4.15. The van der Waals surface area contributed by atoms with E-state index in [0.29, 0.717) is 0 Å². The Balaban J connectivity index is 2.04. The fourth-order valence-electron chi connectivity index (χ4n) is 2.50. The van der Waals surface area contributed by atoms with Gasteiger partial charge in [0, 0.05) is 39.2 Å². The van der Waals surface area contributed by atoms with Crippen molar-refractivity contribution < 1.29 is 9.47 Å². The molecule has 0 bridgehead atoms. The third-order valence-corrected chi connectivity index (χ3v) is 3.72. The highest BCUT2D eigenvalue weighted by Crippen LogP contribution is 2.28. The molecular formula is C14H21NO2. The lowest BCUT2D eigenvalue weighted by atomic mass is 9.83. The zero-order valence-corrected chi connectivity index (χ0v) is 10.4. The summed E-state index contributed by atoms with van der Waals surface area (Å²) in [5.41, 5.74) is 7.40. The van der Waals surface area contributed by atoms with Crippen molar-refractivity contribution in [3.63, 3.8) is 0 Å². The smallest absolute Gasteiger partial charge is 0.0875 e. The first-order chi connectivity index (χ1) is 8.27. The Hall–Kier alpha value is -0.900. The number of hydrogen-bond acceptors (Lipinski definition) is 3. The van der Waals surface area contributed by atoms with Crippen LogP contribution in [-0.4, -0.2) is 32.0 Å². The summed E-state index contributed by atoms with van der Waals surface area (Å²) < 4.78 is 11.1. The molecule has 3 nitrogen and oxygen atoms in total. The largest absolute Gasteiger partial charge is 0.381 e. The van der Waals surface area contributed by atoms with Crippen LogP contribution in [0, 0.1) is 0 Å². The van der Waals surface area contributed by atoms with E-state index in [4.69, 9.17) is 15.2 Å². The van der Waals surface area contributed by atoms with Gasteiger partial charge in [-0.05, 0) is 12.0 Å². The summed E-state index contributed by atoms with van der Waals surface area (Å²) in [6.07, 6.45) is 2.63. The normalized spacial score (nSPS) is 21.1. The van der Waals surface area contributed by atoms with Gasteiger partial charge in [0.1, 0.15) is 0 Å². The summed E-state index contributed by atoms with van der Waals surface area (Å²) in [6.45, 7) is 1.49. The maximum atomic E-state index is 6.35. The Morgan fingerprint density at radius 3 is 2.53 bits per heavy atom. The van der Waals surface area contributed by atoms with Crippen molar-refractivity contribution in [2.45, 2.75) is 30.9 Å². The van der Waals surface area contributed by atoms with E-state index in [1.807, 2.05) is 18.2 Å². The molecule has 0 radical (unpaired) electrons. The van der Waals surface area contributed by atoms with Gasteiger partial charge in [0.15, 0.2) is 0 Å². The maximum absolute atomic E-state index is 6.35. The van der Waals surface area contributed by atoms with Crippen molar-refractivity contribution in [3.05, 3.63) is 35.9 Å². The molecule has 94 valence electrons. The first-order valence-electron chi connectivity index (χ1n) is 6.19. The van der Waals surface area contributed by atoms with Crippen molar-refractivity contribution in [1.29, 1.82) is 0 Å². The van der Waals surface area contributed by atoms with Crippen LogP contribution in [0.2, 0.25) is 0 Å². The predicted octanol–water partition coefficient (Wildman–Crippen LogP) is 1.75. The minimum atomic E-state index is -0.214. The summed E-state index contributed by atoms with van der Waals surface area (Å²) in [7, 11) is 1.76. The standard InChI is InChI=1S/C14H21NO2/c1-16-14(7-9-17-10-8-14)13(15)11-12-5-3-2-4-6-12/h2-6,13H,7-11,15H2,1H3. The van der Waals surface area contributed by atoms with E-state index in [2.05, 4.69) is 12.1 Å². The maximum Gasteiger partial charge on any atom is 0.0875 e. The van der Waals surface area contributed by atoms with Gasteiger partial charge in [-0.25, -0.2) is 0 Å². The molecule has 3 heteroatoms. The van der Waals surface area contributed by atoms with E-state index in [9.17, 15) is 0 Å². The van der Waals surface area contributed by atoms with Crippen molar-refractivity contribution in [3.8, 4) is 0 Å². The Labute approximate surface area is 103 Å². The SMILES string of the molecule is COC1(C(N)Cc2ccccc2)CCOCC1. The second kappa shape index (κ2) is 5.63. The summed E-state index contributed by atoms with van der Waals surface area (Å²) in [4.78, 5) is 0. The van der Waals surface area contributed by atoms with Crippen LogP contribution in [-0.2, 0) is 15.9 Å². The minimum absolute atomic E-state index is 0.0267. The first-order valence-corrected chi connectivity index (χ1v) is 6.19. The van der Waals surface area contributed by atoms with Gasteiger partial charge >= 0.3 is 0 Å². The molecule has 17 heavy (non-hydrogen) atoms. The van der Waals surface area contributed by atoms with E-state index in [-0.39, 0.29) is 11.6 Å². The number of methoxy groups -OCH3 is 1. The lowest BCUT2D eigenvalue weighted by molar-refractivity contribution is -0.103. The summed E-state index contributed by atoms with van der Waals surface area (Å²) in [5, 5.41) is 0. The average Bonchev–Trinajstić information content (AvgIpc) is 2.40.